The van der Waals surface area contributed by atoms with E-state index in [0.29, 0.717) is 25.9 Å². The predicted octanol–water partition coefficient (Wildman–Crippen LogP) is 0.0769. The number of unbranched alkanes of at least 4 members (excludes halogenated alkanes) is 2. The molecule has 1 saturated heterocycles. The van der Waals surface area contributed by atoms with E-state index in [4.69, 9.17) is 15.1 Å². The van der Waals surface area contributed by atoms with Crippen molar-refractivity contribution >= 4 is 11.9 Å². The lowest BCUT2D eigenvalue weighted by Gasteiger charge is -2.26. The summed E-state index contributed by atoms with van der Waals surface area (Å²) in [6, 6.07) is 1.88. The normalized spacial score (nSPS) is 15.5. The summed E-state index contributed by atoms with van der Waals surface area (Å²) in [5.41, 5.74) is 0.0440. The summed E-state index contributed by atoms with van der Waals surface area (Å²) in [4.78, 5) is 24.5. The molecule has 0 atom stereocenters. The summed E-state index contributed by atoms with van der Waals surface area (Å²) in [6.07, 6.45) is 3.61. The fourth-order valence-corrected chi connectivity index (χ4v) is 2.25. The van der Waals surface area contributed by atoms with Gasteiger partial charge in [0.05, 0.1) is 13.2 Å². The molecule has 0 saturated carbocycles. The van der Waals surface area contributed by atoms with E-state index >= 15 is 0 Å². The molecule has 8 nitrogen and oxygen atoms in total. The lowest BCUT2D eigenvalue weighted by atomic mass is 10.2. The van der Waals surface area contributed by atoms with Crippen molar-refractivity contribution in [1.29, 1.82) is 5.26 Å². The molecule has 0 aromatic carbocycles. The molecule has 24 heavy (non-hydrogen) atoms. The van der Waals surface area contributed by atoms with Gasteiger partial charge in [0.1, 0.15) is 11.6 Å². The number of amides is 1. The van der Waals surface area contributed by atoms with E-state index in [1.165, 1.54) is 6.20 Å². The van der Waals surface area contributed by atoms with E-state index in [0.717, 1.165) is 39.3 Å². The number of ether oxygens (including phenoxy) is 1. The number of hydrogen-bond acceptors (Lipinski definition) is 6. The molecule has 0 radical (unpaired) electrons. The van der Waals surface area contributed by atoms with E-state index in [1.807, 2.05) is 6.07 Å². The number of carboxylic acid groups (broad SMARTS) is 1. The van der Waals surface area contributed by atoms with Crippen molar-refractivity contribution < 1.29 is 19.4 Å². The summed E-state index contributed by atoms with van der Waals surface area (Å²) in [7, 11) is 0. The minimum Gasteiger partial charge on any atom is -0.481 e. The average molecular weight is 338 g/mol. The lowest BCUT2D eigenvalue weighted by molar-refractivity contribution is -0.137. The van der Waals surface area contributed by atoms with Gasteiger partial charge < -0.3 is 20.5 Å². The number of carboxylic acids is 1. The minimum atomic E-state index is -0.808. The molecule has 0 aromatic rings. The molecule has 0 spiro atoms. The van der Waals surface area contributed by atoms with E-state index in [2.05, 4.69) is 15.5 Å². The maximum absolute atomic E-state index is 11.8. The summed E-state index contributed by atoms with van der Waals surface area (Å²) in [5.74, 6) is -1.22. The number of morpholine rings is 1. The maximum Gasteiger partial charge on any atom is 0.303 e. The smallest absolute Gasteiger partial charge is 0.303 e. The molecular weight excluding hydrogens is 312 g/mol. The molecule has 3 N–H and O–H groups in total. The zero-order chi connectivity index (χ0) is 17.6. The van der Waals surface area contributed by atoms with Crippen LogP contribution in [-0.2, 0) is 14.3 Å². The Kier molecular flexibility index (Phi) is 10.2. The van der Waals surface area contributed by atoms with Crippen LogP contribution in [0.1, 0.15) is 25.7 Å². The molecule has 134 valence electrons. The fourth-order valence-electron chi connectivity index (χ4n) is 2.25. The van der Waals surface area contributed by atoms with Gasteiger partial charge in [0, 0.05) is 45.3 Å². The molecule has 1 fully saturated rings. The second kappa shape index (κ2) is 12.3. The molecule has 0 aromatic heterocycles. The number of aliphatic carboxylic acids is 1. The highest BCUT2D eigenvalue weighted by molar-refractivity contribution is 5.97. The van der Waals surface area contributed by atoms with Crippen molar-refractivity contribution in [1.82, 2.24) is 15.5 Å². The average Bonchev–Trinajstić information content (AvgIpc) is 2.58. The van der Waals surface area contributed by atoms with Crippen LogP contribution in [0, 0.1) is 11.3 Å². The minimum absolute atomic E-state index is 0.0440. The largest absolute Gasteiger partial charge is 0.481 e. The molecule has 1 aliphatic heterocycles. The number of nitrogens with zero attached hydrogens (tertiary/aromatic N) is 2. The number of carbonyl (C=O) groups is 2. The standard InChI is InChI=1S/C16H26N4O4/c17-12-14(13-18-6-7-20-8-10-24-11-9-20)16(23)19-5-3-1-2-4-15(21)22/h13,18H,1-11H2,(H,19,23)(H,21,22)/b14-13-. The Bertz CT molecular complexity index is 467. The molecule has 1 heterocycles. The van der Waals surface area contributed by atoms with Crippen molar-refractivity contribution in [2.75, 3.05) is 45.9 Å². The molecular formula is C16H26N4O4. The van der Waals surface area contributed by atoms with Crippen LogP contribution >= 0.6 is 0 Å². The number of carbonyl (C=O) groups excluding carboxylic acids is 1. The van der Waals surface area contributed by atoms with Gasteiger partial charge in [-0.1, -0.05) is 6.42 Å². The van der Waals surface area contributed by atoms with Crippen LogP contribution in [0.5, 0.6) is 0 Å². The van der Waals surface area contributed by atoms with Crippen molar-refractivity contribution in [3.8, 4) is 6.07 Å². The van der Waals surface area contributed by atoms with Crippen molar-refractivity contribution in [3.05, 3.63) is 11.8 Å². The van der Waals surface area contributed by atoms with E-state index < -0.39 is 11.9 Å². The molecule has 1 amide bonds. The predicted molar refractivity (Wildman–Crippen MR) is 88.1 cm³/mol. The van der Waals surface area contributed by atoms with Crippen molar-refractivity contribution in [2.24, 2.45) is 0 Å². The quantitative estimate of drug-likeness (QED) is 0.277. The number of rotatable bonds is 11. The number of nitriles is 1. The van der Waals surface area contributed by atoms with Crippen LogP contribution in [-0.4, -0.2) is 67.8 Å². The molecule has 0 unspecified atom stereocenters. The molecule has 0 bridgehead atoms. The van der Waals surface area contributed by atoms with Gasteiger partial charge >= 0.3 is 5.97 Å². The number of hydrogen-bond donors (Lipinski definition) is 3. The van der Waals surface area contributed by atoms with Gasteiger partial charge in [0.15, 0.2) is 0 Å². The van der Waals surface area contributed by atoms with E-state index in [9.17, 15) is 9.59 Å². The van der Waals surface area contributed by atoms with E-state index in [1.54, 1.807) is 0 Å². The first kappa shape index (κ1) is 19.9. The van der Waals surface area contributed by atoms with Crippen LogP contribution in [0.3, 0.4) is 0 Å². The van der Waals surface area contributed by atoms with Gasteiger partial charge in [-0.15, -0.1) is 0 Å². The van der Waals surface area contributed by atoms with Crippen LogP contribution in [0.4, 0.5) is 0 Å². The van der Waals surface area contributed by atoms with Crippen LogP contribution in [0.15, 0.2) is 11.8 Å². The summed E-state index contributed by atoms with van der Waals surface area (Å²) in [5, 5.41) is 23.2. The van der Waals surface area contributed by atoms with Gasteiger partial charge in [-0.25, -0.2) is 0 Å². The third-order valence-electron chi connectivity index (χ3n) is 3.64. The Balaban J connectivity index is 2.15. The summed E-state index contributed by atoms with van der Waals surface area (Å²) in [6.45, 7) is 5.22. The topological polar surface area (TPSA) is 115 Å². The first-order chi connectivity index (χ1) is 11.6. The SMILES string of the molecule is N#C/C(=C/NCCN1CCOCC1)C(=O)NCCCCCC(=O)O. The summed E-state index contributed by atoms with van der Waals surface area (Å²) < 4.78 is 5.27. The zero-order valence-corrected chi connectivity index (χ0v) is 13.9. The van der Waals surface area contributed by atoms with Crippen LogP contribution in [0.2, 0.25) is 0 Å². The Hall–Kier alpha value is -2.11. The maximum atomic E-state index is 11.8. The van der Waals surface area contributed by atoms with Crippen molar-refractivity contribution in [3.63, 3.8) is 0 Å². The fraction of sp³-hybridized carbons (Fsp3) is 0.688. The van der Waals surface area contributed by atoms with Crippen molar-refractivity contribution in [2.45, 2.75) is 25.7 Å². The van der Waals surface area contributed by atoms with Gasteiger partial charge in [0.2, 0.25) is 0 Å². The molecule has 8 heteroatoms. The Morgan fingerprint density at radius 2 is 1.96 bits per heavy atom. The first-order valence-corrected chi connectivity index (χ1v) is 8.27. The number of nitrogens with one attached hydrogen (secondary N) is 2. The lowest BCUT2D eigenvalue weighted by Crippen LogP contribution is -2.39. The highest BCUT2D eigenvalue weighted by atomic mass is 16.5. The second-order valence-electron chi connectivity index (χ2n) is 5.54. The van der Waals surface area contributed by atoms with Gasteiger partial charge in [-0.2, -0.15) is 5.26 Å². The first-order valence-electron chi connectivity index (χ1n) is 8.27. The zero-order valence-electron chi connectivity index (χ0n) is 13.9. The Morgan fingerprint density at radius 3 is 2.62 bits per heavy atom. The molecule has 0 aliphatic carbocycles. The monoisotopic (exact) mass is 338 g/mol. The second-order valence-corrected chi connectivity index (χ2v) is 5.54. The molecule has 1 rings (SSSR count). The van der Waals surface area contributed by atoms with Crippen LogP contribution in [0.25, 0.3) is 0 Å². The highest BCUT2D eigenvalue weighted by Gasteiger charge is 2.10. The molecule has 1 aliphatic rings. The highest BCUT2D eigenvalue weighted by Crippen LogP contribution is 1.99. The Labute approximate surface area is 142 Å². The third kappa shape index (κ3) is 9.12. The van der Waals surface area contributed by atoms with Gasteiger partial charge in [-0.05, 0) is 12.8 Å². The van der Waals surface area contributed by atoms with Crippen LogP contribution < -0.4 is 10.6 Å². The third-order valence-corrected chi connectivity index (χ3v) is 3.64. The van der Waals surface area contributed by atoms with Gasteiger partial charge in [0.25, 0.3) is 5.91 Å². The summed E-state index contributed by atoms with van der Waals surface area (Å²) >= 11 is 0. The Morgan fingerprint density at radius 1 is 1.21 bits per heavy atom. The van der Waals surface area contributed by atoms with Gasteiger partial charge in [-0.3, -0.25) is 14.5 Å². The van der Waals surface area contributed by atoms with E-state index in [-0.39, 0.29) is 12.0 Å².